The molecule has 1 aromatic heterocycles. The third kappa shape index (κ3) is 4.53. The van der Waals surface area contributed by atoms with Crippen LogP contribution in [0.2, 0.25) is 0 Å². The first-order chi connectivity index (χ1) is 10.1. The van der Waals surface area contributed by atoms with Crippen LogP contribution in [0.3, 0.4) is 0 Å². The van der Waals surface area contributed by atoms with Gasteiger partial charge in [-0.05, 0) is 36.9 Å². The summed E-state index contributed by atoms with van der Waals surface area (Å²) >= 11 is 0. The van der Waals surface area contributed by atoms with Crippen LogP contribution in [0.15, 0.2) is 36.5 Å². The van der Waals surface area contributed by atoms with Crippen LogP contribution in [0.25, 0.3) is 10.9 Å². The fourth-order valence-electron chi connectivity index (χ4n) is 2.54. The molecule has 0 fully saturated rings. The van der Waals surface area contributed by atoms with Gasteiger partial charge in [0, 0.05) is 11.8 Å². The Kier molecular flexibility index (Phi) is 5.28. The predicted molar refractivity (Wildman–Crippen MR) is 87.0 cm³/mol. The van der Waals surface area contributed by atoms with Gasteiger partial charge in [0.25, 0.3) is 0 Å². The van der Waals surface area contributed by atoms with Crippen LogP contribution in [0, 0.1) is 11.8 Å². The number of anilines is 1. The Morgan fingerprint density at radius 2 is 2.10 bits per heavy atom. The van der Waals surface area contributed by atoms with Crippen molar-refractivity contribution in [1.82, 2.24) is 4.98 Å². The Hall–Kier alpha value is -1.94. The van der Waals surface area contributed by atoms with Crippen molar-refractivity contribution in [3.8, 4) is 0 Å². The topological polar surface area (TPSA) is 68.0 Å². The zero-order valence-corrected chi connectivity index (χ0v) is 12.7. The summed E-state index contributed by atoms with van der Waals surface area (Å²) in [5.41, 5.74) is 7.41. The van der Waals surface area contributed by atoms with Gasteiger partial charge >= 0.3 is 0 Å². The van der Waals surface area contributed by atoms with E-state index in [1.54, 1.807) is 6.20 Å². The Labute approximate surface area is 125 Å². The summed E-state index contributed by atoms with van der Waals surface area (Å²) in [5, 5.41) is 3.94. The van der Waals surface area contributed by atoms with E-state index in [1.807, 2.05) is 30.3 Å². The second kappa shape index (κ2) is 7.18. The van der Waals surface area contributed by atoms with Crippen LogP contribution in [-0.4, -0.2) is 17.4 Å². The van der Waals surface area contributed by atoms with Crippen LogP contribution in [-0.2, 0) is 4.79 Å². The number of rotatable bonds is 6. The Bertz CT molecular complexity index is 610. The molecule has 1 amide bonds. The van der Waals surface area contributed by atoms with Gasteiger partial charge in [-0.15, -0.1) is 0 Å². The van der Waals surface area contributed by atoms with E-state index in [0.29, 0.717) is 18.9 Å². The summed E-state index contributed by atoms with van der Waals surface area (Å²) in [6.45, 7) is 4.84. The van der Waals surface area contributed by atoms with E-state index in [-0.39, 0.29) is 11.8 Å². The van der Waals surface area contributed by atoms with E-state index in [1.165, 1.54) is 0 Å². The van der Waals surface area contributed by atoms with Gasteiger partial charge in [0.05, 0.1) is 17.4 Å². The van der Waals surface area contributed by atoms with Crippen LogP contribution in [0.4, 0.5) is 5.69 Å². The summed E-state index contributed by atoms with van der Waals surface area (Å²) in [5.74, 6) is 0.787. The number of nitrogens with one attached hydrogen (secondary N) is 1. The molecule has 4 heteroatoms. The largest absolute Gasteiger partial charge is 0.330 e. The van der Waals surface area contributed by atoms with E-state index in [9.17, 15) is 4.79 Å². The fraction of sp³-hybridized carbons (Fsp3) is 0.412. The first kappa shape index (κ1) is 15.4. The molecule has 1 heterocycles. The lowest BCUT2D eigenvalue weighted by Gasteiger charge is -2.16. The highest BCUT2D eigenvalue weighted by molar-refractivity contribution is 5.93. The van der Waals surface area contributed by atoms with Gasteiger partial charge in [-0.1, -0.05) is 32.0 Å². The third-order valence-corrected chi connectivity index (χ3v) is 3.49. The van der Waals surface area contributed by atoms with Crippen molar-refractivity contribution in [3.63, 3.8) is 0 Å². The Morgan fingerprint density at radius 1 is 1.33 bits per heavy atom. The van der Waals surface area contributed by atoms with E-state index in [4.69, 9.17) is 5.73 Å². The number of benzene rings is 1. The lowest BCUT2D eigenvalue weighted by Crippen LogP contribution is -2.23. The van der Waals surface area contributed by atoms with E-state index >= 15 is 0 Å². The number of carbonyl (C=O) groups is 1. The molecule has 4 nitrogen and oxygen atoms in total. The van der Waals surface area contributed by atoms with Gasteiger partial charge in [-0.3, -0.25) is 9.78 Å². The highest BCUT2D eigenvalue weighted by Gasteiger charge is 2.14. The zero-order chi connectivity index (χ0) is 15.2. The standard InChI is InChI=1S/C17H23N3O/c1-12(2)7-13(10-18)8-17(21)20-15-9-14-5-3-4-6-16(14)19-11-15/h3-6,9,11-13H,7-8,10,18H2,1-2H3,(H,20,21)/t13-/m0/s1. The van der Waals surface area contributed by atoms with Gasteiger partial charge in [0.2, 0.25) is 5.91 Å². The summed E-state index contributed by atoms with van der Waals surface area (Å²) in [7, 11) is 0. The molecule has 3 N–H and O–H groups in total. The van der Waals surface area contributed by atoms with Crippen molar-refractivity contribution in [3.05, 3.63) is 36.5 Å². The molecule has 0 saturated carbocycles. The molecule has 0 unspecified atom stereocenters. The first-order valence-corrected chi connectivity index (χ1v) is 7.43. The molecule has 0 bridgehead atoms. The molecule has 0 aliphatic carbocycles. The number of amides is 1. The van der Waals surface area contributed by atoms with Gasteiger partial charge < -0.3 is 11.1 Å². The van der Waals surface area contributed by atoms with E-state index in [2.05, 4.69) is 24.1 Å². The number of hydrogen-bond donors (Lipinski definition) is 2. The van der Waals surface area contributed by atoms with Crippen LogP contribution < -0.4 is 11.1 Å². The summed E-state index contributed by atoms with van der Waals surface area (Å²) in [6.07, 6.45) is 3.13. The average Bonchev–Trinajstić information content (AvgIpc) is 2.45. The second-order valence-electron chi connectivity index (χ2n) is 5.90. The number of pyridine rings is 1. The molecule has 0 aliphatic rings. The number of para-hydroxylation sites is 1. The van der Waals surface area contributed by atoms with Crippen molar-refractivity contribution >= 4 is 22.5 Å². The van der Waals surface area contributed by atoms with Crippen LogP contribution >= 0.6 is 0 Å². The van der Waals surface area contributed by atoms with Gasteiger partial charge in [-0.2, -0.15) is 0 Å². The minimum Gasteiger partial charge on any atom is -0.330 e. The minimum absolute atomic E-state index is 0.00295. The maximum absolute atomic E-state index is 12.1. The summed E-state index contributed by atoms with van der Waals surface area (Å²) in [4.78, 5) is 16.4. The third-order valence-electron chi connectivity index (χ3n) is 3.49. The van der Waals surface area contributed by atoms with Crippen LogP contribution in [0.5, 0.6) is 0 Å². The van der Waals surface area contributed by atoms with Crippen molar-refractivity contribution in [1.29, 1.82) is 0 Å². The number of hydrogen-bond acceptors (Lipinski definition) is 3. The van der Waals surface area contributed by atoms with Crippen molar-refractivity contribution in [2.24, 2.45) is 17.6 Å². The Balaban J connectivity index is 2.00. The highest BCUT2D eigenvalue weighted by Crippen LogP contribution is 2.18. The predicted octanol–water partition coefficient (Wildman–Crippen LogP) is 3.18. The van der Waals surface area contributed by atoms with Gasteiger partial charge in [0.1, 0.15) is 0 Å². The minimum atomic E-state index is 0.00295. The average molecular weight is 285 g/mol. The monoisotopic (exact) mass is 285 g/mol. The van der Waals surface area contributed by atoms with Crippen LogP contribution in [0.1, 0.15) is 26.7 Å². The quantitative estimate of drug-likeness (QED) is 0.856. The maximum Gasteiger partial charge on any atom is 0.224 e. The normalized spacial score (nSPS) is 12.6. The molecule has 21 heavy (non-hydrogen) atoms. The summed E-state index contributed by atoms with van der Waals surface area (Å²) in [6, 6.07) is 9.79. The number of fused-ring (bicyclic) bond motifs is 1. The highest BCUT2D eigenvalue weighted by atomic mass is 16.1. The molecular formula is C17H23N3O. The molecule has 112 valence electrons. The number of aromatic nitrogens is 1. The van der Waals surface area contributed by atoms with E-state index < -0.39 is 0 Å². The first-order valence-electron chi connectivity index (χ1n) is 7.43. The van der Waals surface area contributed by atoms with Gasteiger partial charge in [-0.25, -0.2) is 0 Å². The molecule has 0 spiro atoms. The molecule has 0 radical (unpaired) electrons. The molecule has 2 aromatic rings. The summed E-state index contributed by atoms with van der Waals surface area (Å²) < 4.78 is 0. The van der Waals surface area contributed by atoms with E-state index in [0.717, 1.165) is 23.0 Å². The lowest BCUT2D eigenvalue weighted by atomic mass is 9.94. The van der Waals surface area contributed by atoms with Crippen molar-refractivity contribution in [2.45, 2.75) is 26.7 Å². The molecule has 0 saturated heterocycles. The zero-order valence-electron chi connectivity index (χ0n) is 12.7. The van der Waals surface area contributed by atoms with Crippen molar-refractivity contribution in [2.75, 3.05) is 11.9 Å². The smallest absolute Gasteiger partial charge is 0.224 e. The molecule has 1 aromatic carbocycles. The van der Waals surface area contributed by atoms with Gasteiger partial charge in [0.15, 0.2) is 0 Å². The molecule has 1 atom stereocenters. The molecule has 0 aliphatic heterocycles. The molecule has 2 rings (SSSR count). The number of nitrogens with two attached hydrogens (primary N) is 1. The van der Waals surface area contributed by atoms with Crippen molar-refractivity contribution < 1.29 is 4.79 Å². The maximum atomic E-state index is 12.1. The number of nitrogens with zero attached hydrogens (tertiary/aromatic N) is 1. The Morgan fingerprint density at radius 3 is 2.81 bits per heavy atom. The second-order valence-corrected chi connectivity index (χ2v) is 5.90. The SMILES string of the molecule is CC(C)C[C@H](CN)CC(=O)Nc1cnc2ccccc2c1. The number of carbonyl (C=O) groups excluding carboxylic acids is 1. The lowest BCUT2D eigenvalue weighted by molar-refractivity contribution is -0.117. The fourth-order valence-corrected chi connectivity index (χ4v) is 2.54. The molecular weight excluding hydrogens is 262 g/mol.